The largest absolute Gasteiger partial charge is 0.249 e. The van der Waals surface area contributed by atoms with Gasteiger partial charge in [0.1, 0.15) is 23.6 Å². The molecule has 0 amide bonds. The van der Waals surface area contributed by atoms with Crippen molar-refractivity contribution in [3.8, 4) is 5.69 Å². The maximum atomic E-state index is 2.37. The van der Waals surface area contributed by atoms with E-state index in [1.165, 1.54) is 12.1 Å². The summed E-state index contributed by atoms with van der Waals surface area (Å²) in [6.45, 7) is 11.6. The van der Waals surface area contributed by atoms with Crippen LogP contribution in [0.5, 0.6) is 0 Å². The lowest BCUT2D eigenvalue weighted by Crippen LogP contribution is -2.54. The molecule has 0 aliphatic rings. The standard InChI is InChI=1S/C18H27N2/c1-6-18(5,14-17(2,3)4)20-13-12-19(15-20)16-10-8-7-9-11-16/h7-13,15H,6,14H2,1-5H3/q+1. The van der Waals surface area contributed by atoms with E-state index >= 15 is 0 Å². The first-order chi connectivity index (χ1) is 9.34. The third-order valence-corrected chi connectivity index (χ3v) is 3.99. The number of aromatic nitrogens is 2. The summed E-state index contributed by atoms with van der Waals surface area (Å²) in [5.41, 5.74) is 1.70. The lowest BCUT2D eigenvalue weighted by atomic mass is 9.79. The van der Waals surface area contributed by atoms with Crippen molar-refractivity contribution in [1.29, 1.82) is 0 Å². The van der Waals surface area contributed by atoms with E-state index in [9.17, 15) is 0 Å². The topological polar surface area (TPSA) is 8.81 Å². The Morgan fingerprint density at radius 2 is 1.70 bits per heavy atom. The van der Waals surface area contributed by atoms with E-state index in [1.807, 2.05) is 0 Å². The molecule has 0 spiro atoms. The molecule has 2 rings (SSSR count). The van der Waals surface area contributed by atoms with Crippen LogP contribution in [0, 0.1) is 5.41 Å². The highest BCUT2D eigenvalue weighted by atomic mass is 15.2. The summed E-state index contributed by atoms with van der Waals surface area (Å²) in [4.78, 5) is 0. The van der Waals surface area contributed by atoms with Crippen molar-refractivity contribution in [2.45, 2.75) is 53.0 Å². The Morgan fingerprint density at radius 1 is 1.05 bits per heavy atom. The first-order valence-corrected chi connectivity index (χ1v) is 7.49. The quantitative estimate of drug-likeness (QED) is 0.732. The van der Waals surface area contributed by atoms with Crippen LogP contribution in [0.15, 0.2) is 49.1 Å². The van der Waals surface area contributed by atoms with Gasteiger partial charge in [0.15, 0.2) is 0 Å². The molecule has 0 aliphatic carbocycles. The lowest BCUT2D eigenvalue weighted by Gasteiger charge is -2.32. The second-order valence-corrected chi connectivity index (χ2v) is 7.15. The summed E-state index contributed by atoms with van der Waals surface area (Å²) < 4.78 is 4.56. The van der Waals surface area contributed by atoms with Crippen LogP contribution in [-0.2, 0) is 5.54 Å². The molecular formula is C18H27N2+. The van der Waals surface area contributed by atoms with Gasteiger partial charge in [-0.1, -0.05) is 45.9 Å². The van der Waals surface area contributed by atoms with Crippen LogP contribution >= 0.6 is 0 Å². The van der Waals surface area contributed by atoms with Gasteiger partial charge in [0, 0.05) is 0 Å². The second-order valence-electron chi connectivity index (χ2n) is 7.15. The Bertz CT molecular complexity index is 548. The fourth-order valence-corrected chi connectivity index (χ4v) is 2.97. The van der Waals surface area contributed by atoms with E-state index in [4.69, 9.17) is 0 Å². The van der Waals surface area contributed by atoms with Gasteiger partial charge in [-0.05, 0) is 37.3 Å². The van der Waals surface area contributed by atoms with Crippen LogP contribution in [0.2, 0.25) is 0 Å². The number of hydrogen-bond donors (Lipinski definition) is 0. The lowest BCUT2D eigenvalue weighted by molar-refractivity contribution is -0.764. The molecule has 0 saturated carbocycles. The predicted octanol–water partition coefficient (Wildman–Crippen LogP) is 4.33. The zero-order chi connectivity index (χ0) is 14.8. The number of benzene rings is 1. The third-order valence-electron chi connectivity index (χ3n) is 3.99. The predicted molar refractivity (Wildman–Crippen MR) is 84.0 cm³/mol. The highest BCUT2D eigenvalue weighted by molar-refractivity contribution is 5.30. The van der Waals surface area contributed by atoms with Gasteiger partial charge in [0.2, 0.25) is 6.33 Å². The molecule has 20 heavy (non-hydrogen) atoms. The van der Waals surface area contributed by atoms with Crippen LogP contribution < -0.4 is 4.57 Å². The molecule has 1 unspecified atom stereocenters. The molecule has 108 valence electrons. The average molecular weight is 271 g/mol. The molecule has 1 aromatic heterocycles. The molecule has 0 radical (unpaired) electrons. The normalized spacial score (nSPS) is 15.1. The minimum atomic E-state index is 0.165. The second kappa shape index (κ2) is 5.43. The number of rotatable bonds is 4. The van der Waals surface area contributed by atoms with Gasteiger partial charge in [-0.2, -0.15) is 0 Å². The molecule has 2 aromatic rings. The fraction of sp³-hybridized carbons (Fsp3) is 0.500. The van der Waals surface area contributed by atoms with Crippen molar-refractivity contribution in [3.63, 3.8) is 0 Å². The summed E-state index contributed by atoms with van der Waals surface area (Å²) in [7, 11) is 0. The van der Waals surface area contributed by atoms with Crippen LogP contribution in [0.3, 0.4) is 0 Å². The van der Waals surface area contributed by atoms with Gasteiger partial charge in [0.25, 0.3) is 0 Å². The smallest absolute Gasteiger partial charge is 0.231 e. The Labute approximate surface area is 123 Å². The third kappa shape index (κ3) is 3.30. The SMILES string of the molecule is CCC(C)(CC(C)(C)C)[n+]1ccn(-c2ccccc2)c1. The molecule has 0 N–H and O–H groups in total. The van der Waals surface area contributed by atoms with E-state index in [-0.39, 0.29) is 5.54 Å². The molecule has 0 bridgehead atoms. The van der Waals surface area contributed by atoms with E-state index in [0.29, 0.717) is 5.41 Å². The highest BCUT2D eigenvalue weighted by Gasteiger charge is 2.34. The minimum absolute atomic E-state index is 0.165. The van der Waals surface area contributed by atoms with Crippen LogP contribution in [-0.4, -0.2) is 4.57 Å². The Morgan fingerprint density at radius 3 is 2.25 bits per heavy atom. The molecular weight excluding hydrogens is 244 g/mol. The van der Waals surface area contributed by atoms with Crippen LogP contribution in [0.1, 0.15) is 47.5 Å². The first kappa shape index (κ1) is 14.8. The van der Waals surface area contributed by atoms with Gasteiger partial charge < -0.3 is 0 Å². The Balaban J connectivity index is 2.31. The van der Waals surface area contributed by atoms with Gasteiger partial charge >= 0.3 is 0 Å². The number of para-hydroxylation sites is 1. The zero-order valence-electron chi connectivity index (χ0n) is 13.4. The van der Waals surface area contributed by atoms with Crippen LogP contribution in [0.25, 0.3) is 5.69 Å². The summed E-state index contributed by atoms with van der Waals surface area (Å²) in [6, 6.07) is 10.5. The molecule has 1 aromatic carbocycles. The molecule has 0 fully saturated rings. The van der Waals surface area contributed by atoms with Crippen molar-refractivity contribution in [2.75, 3.05) is 0 Å². The molecule has 1 atom stereocenters. The Hall–Kier alpha value is -1.57. The van der Waals surface area contributed by atoms with Crippen molar-refractivity contribution < 1.29 is 4.57 Å². The fourth-order valence-electron chi connectivity index (χ4n) is 2.97. The van der Waals surface area contributed by atoms with Crippen molar-refractivity contribution in [1.82, 2.24) is 4.57 Å². The molecule has 2 heteroatoms. The number of imidazole rings is 1. The molecule has 1 heterocycles. The van der Waals surface area contributed by atoms with Crippen molar-refractivity contribution >= 4 is 0 Å². The Kier molecular flexibility index (Phi) is 4.03. The molecule has 0 saturated heterocycles. The van der Waals surface area contributed by atoms with Crippen molar-refractivity contribution in [2.24, 2.45) is 5.41 Å². The average Bonchev–Trinajstić information content (AvgIpc) is 2.88. The van der Waals surface area contributed by atoms with Gasteiger partial charge in [-0.15, -0.1) is 0 Å². The van der Waals surface area contributed by atoms with E-state index in [2.05, 4.69) is 92.8 Å². The van der Waals surface area contributed by atoms with Gasteiger partial charge in [-0.25, -0.2) is 9.13 Å². The summed E-state index contributed by atoms with van der Waals surface area (Å²) >= 11 is 0. The van der Waals surface area contributed by atoms with E-state index < -0.39 is 0 Å². The van der Waals surface area contributed by atoms with E-state index in [1.54, 1.807) is 0 Å². The molecule has 2 nitrogen and oxygen atoms in total. The first-order valence-electron chi connectivity index (χ1n) is 7.49. The summed E-state index contributed by atoms with van der Waals surface area (Å²) in [6.07, 6.45) is 8.85. The van der Waals surface area contributed by atoms with E-state index in [0.717, 1.165) is 6.42 Å². The van der Waals surface area contributed by atoms with Crippen LogP contribution in [0.4, 0.5) is 0 Å². The summed E-state index contributed by atoms with van der Waals surface area (Å²) in [5, 5.41) is 0. The van der Waals surface area contributed by atoms with Crippen molar-refractivity contribution in [3.05, 3.63) is 49.1 Å². The molecule has 0 aliphatic heterocycles. The highest BCUT2D eigenvalue weighted by Crippen LogP contribution is 2.31. The maximum Gasteiger partial charge on any atom is 0.249 e. The monoisotopic (exact) mass is 271 g/mol. The minimum Gasteiger partial charge on any atom is -0.231 e. The number of nitrogens with zero attached hydrogens (tertiary/aromatic N) is 2. The zero-order valence-corrected chi connectivity index (χ0v) is 13.4. The maximum absolute atomic E-state index is 2.37. The van der Waals surface area contributed by atoms with Gasteiger partial charge in [0.05, 0.1) is 0 Å². The number of hydrogen-bond acceptors (Lipinski definition) is 0. The summed E-state index contributed by atoms with van der Waals surface area (Å²) in [5.74, 6) is 0. The van der Waals surface area contributed by atoms with Gasteiger partial charge in [-0.3, -0.25) is 0 Å².